The van der Waals surface area contributed by atoms with Crippen molar-refractivity contribution in [3.05, 3.63) is 82.0 Å². The first-order valence-corrected chi connectivity index (χ1v) is 11.0. The van der Waals surface area contributed by atoms with E-state index in [1.165, 1.54) is 23.5 Å². The fraction of sp³-hybridized carbons (Fsp3) is 0.333. The smallest absolute Gasteiger partial charge is 0.222 e. The highest BCUT2D eigenvalue weighted by Gasteiger charge is 2.54. The number of aliphatic hydroxyl groups excluding tert-OH is 4. The summed E-state index contributed by atoms with van der Waals surface area (Å²) in [5.41, 5.74) is 2.73. The normalized spacial score (nSPS) is 28.1. The number of benzene rings is 2. The summed E-state index contributed by atoms with van der Waals surface area (Å²) in [4.78, 5) is 1.92. The Morgan fingerprint density at radius 2 is 1.72 bits per heavy atom. The van der Waals surface area contributed by atoms with Crippen molar-refractivity contribution >= 4 is 11.3 Å². The van der Waals surface area contributed by atoms with E-state index in [1.807, 2.05) is 25.1 Å². The lowest BCUT2D eigenvalue weighted by atomic mass is 9.85. The van der Waals surface area contributed by atoms with Crippen LogP contribution in [0, 0.1) is 12.7 Å². The molecule has 5 atom stereocenters. The number of halogens is 1. The third-order valence-electron chi connectivity index (χ3n) is 5.77. The maximum Gasteiger partial charge on any atom is 0.222 e. The Balaban J connectivity index is 1.68. The zero-order valence-corrected chi connectivity index (χ0v) is 18.2. The lowest BCUT2D eigenvalue weighted by Gasteiger charge is -2.46. The van der Waals surface area contributed by atoms with Gasteiger partial charge in [-0.3, -0.25) is 0 Å². The van der Waals surface area contributed by atoms with E-state index in [4.69, 9.17) is 4.74 Å². The van der Waals surface area contributed by atoms with Gasteiger partial charge in [0, 0.05) is 21.7 Å². The largest absolute Gasteiger partial charge is 0.394 e. The SMILES string of the molecule is Cc1ccc(C2(O)O[C@H](CO)[C@@H](O)[C@H](O)[C@H]2O)c(Cc2ccc(-c3ccc(F)cc3)s2)c1. The molecule has 2 heterocycles. The fourth-order valence-corrected chi connectivity index (χ4v) is 5.06. The third-order valence-corrected chi connectivity index (χ3v) is 6.90. The summed E-state index contributed by atoms with van der Waals surface area (Å²) >= 11 is 1.52. The third kappa shape index (κ3) is 4.23. The van der Waals surface area contributed by atoms with Crippen LogP contribution in [0.4, 0.5) is 4.39 Å². The lowest BCUT2D eigenvalue weighted by molar-refractivity contribution is -0.358. The molecule has 6 nitrogen and oxygen atoms in total. The first-order chi connectivity index (χ1) is 15.2. The van der Waals surface area contributed by atoms with Crippen molar-refractivity contribution in [2.75, 3.05) is 6.61 Å². The molecule has 0 bridgehead atoms. The zero-order chi connectivity index (χ0) is 23.0. The molecule has 1 unspecified atom stereocenters. The Morgan fingerprint density at radius 3 is 2.41 bits per heavy atom. The summed E-state index contributed by atoms with van der Waals surface area (Å²) in [5.74, 6) is -2.62. The molecule has 5 N–H and O–H groups in total. The van der Waals surface area contributed by atoms with Crippen LogP contribution in [0.2, 0.25) is 0 Å². The van der Waals surface area contributed by atoms with E-state index < -0.39 is 36.8 Å². The summed E-state index contributed by atoms with van der Waals surface area (Å²) in [6.07, 6.45) is -5.92. The van der Waals surface area contributed by atoms with E-state index in [-0.39, 0.29) is 11.4 Å². The maximum atomic E-state index is 13.2. The zero-order valence-electron chi connectivity index (χ0n) is 17.4. The Labute approximate surface area is 188 Å². The van der Waals surface area contributed by atoms with Crippen LogP contribution in [0.25, 0.3) is 10.4 Å². The number of hydrogen-bond donors (Lipinski definition) is 5. The molecule has 0 aliphatic carbocycles. The number of ether oxygens (including phenoxy) is 1. The van der Waals surface area contributed by atoms with Crippen LogP contribution in [0.1, 0.15) is 21.6 Å². The molecule has 1 aromatic heterocycles. The van der Waals surface area contributed by atoms with Crippen molar-refractivity contribution in [2.45, 2.75) is 43.5 Å². The van der Waals surface area contributed by atoms with Crippen molar-refractivity contribution in [1.29, 1.82) is 0 Å². The summed E-state index contributed by atoms with van der Waals surface area (Å²) in [6.45, 7) is 1.25. The monoisotopic (exact) mass is 460 g/mol. The number of hydrogen-bond acceptors (Lipinski definition) is 7. The predicted octanol–water partition coefficient (Wildman–Crippen LogP) is 2.07. The highest BCUT2D eigenvalue weighted by molar-refractivity contribution is 7.15. The van der Waals surface area contributed by atoms with Crippen LogP contribution in [0.15, 0.2) is 54.6 Å². The molecule has 1 aliphatic heterocycles. The molecule has 0 saturated carbocycles. The van der Waals surface area contributed by atoms with Gasteiger partial charge in [-0.05, 0) is 42.3 Å². The van der Waals surface area contributed by atoms with Gasteiger partial charge in [-0.2, -0.15) is 0 Å². The van der Waals surface area contributed by atoms with E-state index in [2.05, 4.69) is 0 Å². The second kappa shape index (κ2) is 8.99. The van der Waals surface area contributed by atoms with Crippen molar-refractivity contribution < 1.29 is 34.7 Å². The molecule has 1 fully saturated rings. The minimum absolute atomic E-state index is 0.247. The summed E-state index contributed by atoms with van der Waals surface area (Å²) in [7, 11) is 0. The highest BCUT2D eigenvalue weighted by Crippen LogP contribution is 2.39. The van der Waals surface area contributed by atoms with Gasteiger partial charge in [0.25, 0.3) is 0 Å². The standard InChI is InChI=1S/C24H25FO6S/c1-13-2-8-18(24(30)23(29)22(28)21(27)19(12-26)31-24)15(10-13)11-17-7-9-20(32-17)14-3-5-16(25)6-4-14/h2-10,19,21-23,26-30H,11-12H2,1H3/t19-,21-,22+,23-,24?/m1/s1. The Kier molecular flexibility index (Phi) is 6.46. The molecule has 1 aliphatic rings. The first kappa shape index (κ1) is 23.0. The minimum Gasteiger partial charge on any atom is -0.394 e. The molecule has 170 valence electrons. The molecule has 0 radical (unpaired) electrons. The van der Waals surface area contributed by atoms with Gasteiger partial charge >= 0.3 is 0 Å². The van der Waals surface area contributed by atoms with Gasteiger partial charge in [0.05, 0.1) is 6.61 Å². The molecule has 4 rings (SSSR count). The van der Waals surface area contributed by atoms with Gasteiger partial charge in [0.2, 0.25) is 5.79 Å². The summed E-state index contributed by atoms with van der Waals surface area (Å²) in [6, 6.07) is 15.3. The summed E-state index contributed by atoms with van der Waals surface area (Å²) < 4.78 is 18.7. The number of aliphatic hydroxyl groups is 5. The topological polar surface area (TPSA) is 110 Å². The fourth-order valence-electron chi connectivity index (χ4n) is 4.02. The summed E-state index contributed by atoms with van der Waals surface area (Å²) in [5, 5.41) is 51.6. The predicted molar refractivity (Wildman–Crippen MR) is 118 cm³/mol. The van der Waals surface area contributed by atoms with Gasteiger partial charge in [-0.1, -0.05) is 35.9 Å². The molecular formula is C24H25FO6S. The lowest BCUT2D eigenvalue weighted by Crippen LogP contribution is -2.63. The van der Waals surface area contributed by atoms with Crippen molar-refractivity contribution in [1.82, 2.24) is 0 Å². The Bertz CT molecular complexity index is 1080. The van der Waals surface area contributed by atoms with Crippen LogP contribution >= 0.6 is 11.3 Å². The van der Waals surface area contributed by atoms with Crippen molar-refractivity contribution in [3.8, 4) is 10.4 Å². The molecular weight excluding hydrogens is 435 g/mol. The van der Waals surface area contributed by atoms with Crippen LogP contribution in [-0.4, -0.2) is 56.6 Å². The number of rotatable bonds is 5. The van der Waals surface area contributed by atoms with Gasteiger partial charge in [0.1, 0.15) is 30.2 Å². The molecule has 1 saturated heterocycles. The second-order valence-corrected chi connectivity index (χ2v) is 9.24. The minimum atomic E-state index is -2.31. The van der Waals surface area contributed by atoms with Crippen LogP contribution in [-0.2, 0) is 16.9 Å². The van der Waals surface area contributed by atoms with Gasteiger partial charge in [-0.15, -0.1) is 11.3 Å². The van der Waals surface area contributed by atoms with E-state index in [1.54, 1.807) is 24.3 Å². The van der Waals surface area contributed by atoms with E-state index >= 15 is 0 Å². The van der Waals surface area contributed by atoms with Crippen LogP contribution in [0.3, 0.4) is 0 Å². The number of thiophene rings is 1. The molecule has 32 heavy (non-hydrogen) atoms. The van der Waals surface area contributed by atoms with Crippen molar-refractivity contribution in [2.24, 2.45) is 0 Å². The molecule has 0 spiro atoms. The molecule has 8 heteroatoms. The van der Waals surface area contributed by atoms with E-state index in [0.717, 1.165) is 20.9 Å². The van der Waals surface area contributed by atoms with E-state index in [9.17, 15) is 29.9 Å². The van der Waals surface area contributed by atoms with Gasteiger partial charge in [-0.25, -0.2) is 4.39 Å². The second-order valence-electron chi connectivity index (χ2n) is 8.07. The Morgan fingerprint density at radius 1 is 1.00 bits per heavy atom. The molecule has 0 amide bonds. The van der Waals surface area contributed by atoms with Crippen LogP contribution < -0.4 is 0 Å². The highest BCUT2D eigenvalue weighted by atomic mass is 32.1. The Hall–Kier alpha value is -2.17. The van der Waals surface area contributed by atoms with E-state index in [0.29, 0.717) is 12.0 Å². The quantitative estimate of drug-likeness (QED) is 0.399. The molecule has 3 aromatic rings. The molecule has 2 aromatic carbocycles. The average Bonchev–Trinajstić information content (AvgIpc) is 3.24. The number of aryl methyl sites for hydroxylation is 1. The van der Waals surface area contributed by atoms with Gasteiger partial charge in [0.15, 0.2) is 0 Å². The average molecular weight is 461 g/mol. The van der Waals surface area contributed by atoms with Crippen LogP contribution in [0.5, 0.6) is 0 Å². The van der Waals surface area contributed by atoms with Gasteiger partial charge < -0.3 is 30.3 Å². The van der Waals surface area contributed by atoms with Crippen molar-refractivity contribution in [3.63, 3.8) is 0 Å². The maximum absolute atomic E-state index is 13.2. The first-order valence-electron chi connectivity index (χ1n) is 10.2.